The van der Waals surface area contributed by atoms with Gasteiger partial charge in [0.05, 0.1) is 0 Å². The summed E-state index contributed by atoms with van der Waals surface area (Å²) in [6, 6.07) is 0. The van der Waals surface area contributed by atoms with Gasteiger partial charge in [-0.3, -0.25) is 14.4 Å². The maximum atomic E-state index is 12.9. The van der Waals surface area contributed by atoms with Crippen LogP contribution in [0.25, 0.3) is 0 Å². The average molecular weight is 950 g/mol. The highest BCUT2D eigenvalue weighted by molar-refractivity contribution is 5.71. The summed E-state index contributed by atoms with van der Waals surface area (Å²) in [5.41, 5.74) is 0. The predicted molar refractivity (Wildman–Crippen MR) is 293 cm³/mol. The standard InChI is InChI=1S/C62H108O6/c1-4-7-10-13-16-19-22-25-27-29-31-33-35-37-40-43-46-49-52-55-61(64)67-58-59(57-66-60(63)54-51-48-45-42-39-24-21-18-15-12-9-6-3)68-62(65)56-53-50-47-44-41-38-36-34-32-30-28-26-23-20-17-14-11-8-5-2/h16-17,19-20,25-28,31,33,37,40,59H,4-15,18,21-24,29-30,32,34-36,38-39,41-58H2,1-3H3/b19-16-,20-17-,27-25-,28-26-,33-31-,40-37-/t59-/m1/s1. The second-order valence-corrected chi connectivity index (χ2v) is 19.2. The van der Waals surface area contributed by atoms with Gasteiger partial charge in [-0.15, -0.1) is 0 Å². The Hall–Kier alpha value is -3.15. The third-order valence-corrected chi connectivity index (χ3v) is 12.4. The van der Waals surface area contributed by atoms with E-state index >= 15 is 0 Å². The normalized spacial score (nSPS) is 12.6. The molecule has 0 radical (unpaired) electrons. The van der Waals surface area contributed by atoms with E-state index in [1.165, 1.54) is 154 Å². The van der Waals surface area contributed by atoms with Crippen LogP contribution in [0, 0.1) is 0 Å². The molecule has 6 nitrogen and oxygen atoms in total. The van der Waals surface area contributed by atoms with Gasteiger partial charge in [0, 0.05) is 19.3 Å². The van der Waals surface area contributed by atoms with E-state index < -0.39 is 6.10 Å². The van der Waals surface area contributed by atoms with Crippen LogP contribution in [0.4, 0.5) is 0 Å². The maximum Gasteiger partial charge on any atom is 0.306 e. The number of hydrogen-bond acceptors (Lipinski definition) is 6. The monoisotopic (exact) mass is 949 g/mol. The van der Waals surface area contributed by atoms with E-state index in [-0.39, 0.29) is 31.1 Å². The van der Waals surface area contributed by atoms with Crippen molar-refractivity contribution in [1.82, 2.24) is 0 Å². The van der Waals surface area contributed by atoms with E-state index in [0.717, 1.165) is 89.9 Å². The molecular formula is C62H108O6. The molecule has 6 heteroatoms. The van der Waals surface area contributed by atoms with E-state index in [0.29, 0.717) is 19.3 Å². The van der Waals surface area contributed by atoms with Gasteiger partial charge in [0.15, 0.2) is 6.10 Å². The van der Waals surface area contributed by atoms with E-state index in [2.05, 4.69) is 93.7 Å². The zero-order valence-electron chi connectivity index (χ0n) is 44.9. The van der Waals surface area contributed by atoms with Crippen LogP contribution >= 0.6 is 0 Å². The first-order chi connectivity index (χ1) is 33.5. The third kappa shape index (κ3) is 53.8. The summed E-state index contributed by atoms with van der Waals surface area (Å²) in [5.74, 6) is -0.913. The third-order valence-electron chi connectivity index (χ3n) is 12.4. The molecule has 68 heavy (non-hydrogen) atoms. The predicted octanol–water partition coefficient (Wildman–Crippen LogP) is 19.4. The first-order valence-electron chi connectivity index (χ1n) is 28.9. The highest BCUT2D eigenvalue weighted by Gasteiger charge is 2.19. The van der Waals surface area contributed by atoms with Crippen LogP contribution in [-0.2, 0) is 28.6 Å². The lowest BCUT2D eigenvalue weighted by molar-refractivity contribution is -0.167. The van der Waals surface area contributed by atoms with Crippen LogP contribution in [0.1, 0.15) is 284 Å². The van der Waals surface area contributed by atoms with Gasteiger partial charge in [-0.2, -0.15) is 0 Å². The Labute approximate surface area is 421 Å². The minimum absolute atomic E-state index is 0.0853. The van der Waals surface area contributed by atoms with Crippen LogP contribution in [-0.4, -0.2) is 37.2 Å². The number of carbonyl (C=O) groups excluding carboxylic acids is 3. The second-order valence-electron chi connectivity index (χ2n) is 19.2. The lowest BCUT2D eigenvalue weighted by Crippen LogP contribution is -2.30. The molecule has 0 bridgehead atoms. The van der Waals surface area contributed by atoms with E-state index in [9.17, 15) is 14.4 Å². The summed E-state index contributed by atoms with van der Waals surface area (Å²) in [7, 11) is 0. The SMILES string of the molecule is CCCCC/C=C\C/C=C\C/C=C\C/C=C\CCCCCC(=O)OC[C@@H](COC(=O)CCCCCCCCCCCCCC)OC(=O)CCCCCCCCCCC/C=C\C/C=C\CCCCC. The minimum atomic E-state index is -0.789. The van der Waals surface area contributed by atoms with Crippen molar-refractivity contribution in [2.24, 2.45) is 0 Å². The zero-order chi connectivity index (χ0) is 49.3. The van der Waals surface area contributed by atoms with Gasteiger partial charge >= 0.3 is 17.9 Å². The Balaban J connectivity index is 4.41. The molecule has 1 atom stereocenters. The fourth-order valence-electron chi connectivity index (χ4n) is 8.04. The van der Waals surface area contributed by atoms with Gasteiger partial charge in [-0.05, 0) is 96.3 Å². The molecule has 392 valence electrons. The van der Waals surface area contributed by atoms with Crippen LogP contribution in [0.5, 0.6) is 0 Å². The molecule has 0 N–H and O–H groups in total. The molecule has 0 aromatic rings. The number of ether oxygens (including phenoxy) is 3. The van der Waals surface area contributed by atoms with Crippen LogP contribution in [0.3, 0.4) is 0 Å². The minimum Gasteiger partial charge on any atom is -0.462 e. The highest BCUT2D eigenvalue weighted by Crippen LogP contribution is 2.15. The fourth-order valence-corrected chi connectivity index (χ4v) is 8.04. The number of carbonyl (C=O) groups is 3. The number of hydrogen-bond donors (Lipinski definition) is 0. The van der Waals surface area contributed by atoms with Crippen LogP contribution in [0.15, 0.2) is 72.9 Å². The quantitative estimate of drug-likeness (QED) is 0.0262. The molecule has 0 aromatic carbocycles. The number of rotatable bonds is 52. The molecule has 0 saturated heterocycles. The lowest BCUT2D eigenvalue weighted by atomic mass is 10.0. The summed E-state index contributed by atoms with van der Waals surface area (Å²) in [6.07, 6.45) is 71.7. The molecular weight excluding hydrogens is 841 g/mol. The Morgan fingerprint density at radius 3 is 0.868 bits per heavy atom. The molecule has 0 aliphatic heterocycles. The Bertz CT molecular complexity index is 1270. The molecule has 0 aliphatic carbocycles. The molecule has 0 aromatic heterocycles. The van der Waals surface area contributed by atoms with E-state index in [1.54, 1.807) is 0 Å². The number of esters is 3. The van der Waals surface area contributed by atoms with Gasteiger partial charge in [-0.1, -0.05) is 241 Å². The van der Waals surface area contributed by atoms with Crippen molar-refractivity contribution in [3.8, 4) is 0 Å². The summed E-state index contributed by atoms with van der Waals surface area (Å²) in [4.78, 5) is 38.1. The van der Waals surface area contributed by atoms with Crippen molar-refractivity contribution in [2.45, 2.75) is 290 Å². The van der Waals surface area contributed by atoms with Crippen LogP contribution in [0.2, 0.25) is 0 Å². The summed E-state index contributed by atoms with van der Waals surface area (Å²) < 4.78 is 16.8. The molecule has 0 spiro atoms. The largest absolute Gasteiger partial charge is 0.462 e. The van der Waals surface area contributed by atoms with Gasteiger partial charge in [0.1, 0.15) is 13.2 Å². The first kappa shape index (κ1) is 64.8. The van der Waals surface area contributed by atoms with Gasteiger partial charge in [0.25, 0.3) is 0 Å². The summed E-state index contributed by atoms with van der Waals surface area (Å²) >= 11 is 0. The number of allylic oxidation sites excluding steroid dienone is 12. The van der Waals surface area contributed by atoms with Gasteiger partial charge in [0.2, 0.25) is 0 Å². The molecule has 0 amide bonds. The highest BCUT2D eigenvalue weighted by atomic mass is 16.6. The zero-order valence-corrected chi connectivity index (χ0v) is 44.9. The number of unbranched alkanes of at least 4 members (excludes halogenated alkanes) is 29. The molecule has 0 fully saturated rings. The van der Waals surface area contributed by atoms with Crippen molar-refractivity contribution in [3.63, 3.8) is 0 Å². The molecule has 0 unspecified atom stereocenters. The van der Waals surface area contributed by atoms with Crippen LogP contribution < -0.4 is 0 Å². The maximum absolute atomic E-state index is 12.9. The van der Waals surface area contributed by atoms with E-state index in [1.807, 2.05) is 0 Å². The molecule has 0 rings (SSSR count). The van der Waals surface area contributed by atoms with Crippen molar-refractivity contribution < 1.29 is 28.6 Å². The Morgan fingerprint density at radius 2 is 0.529 bits per heavy atom. The summed E-state index contributed by atoms with van der Waals surface area (Å²) in [5, 5.41) is 0. The van der Waals surface area contributed by atoms with Crippen molar-refractivity contribution in [1.29, 1.82) is 0 Å². The summed E-state index contributed by atoms with van der Waals surface area (Å²) in [6.45, 7) is 6.57. The Kier molecular flexibility index (Phi) is 53.8. The average Bonchev–Trinajstić information content (AvgIpc) is 3.34. The molecule has 0 saturated carbocycles. The van der Waals surface area contributed by atoms with Gasteiger partial charge in [-0.25, -0.2) is 0 Å². The molecule has 0 aliphatic rings. The lowest BCUT2D eigenvalue weighted by Gasteiger charge is -2.18. The smallest absolute Gasteiger partial charge is 0.306 e. The fraction of sp³-hybridized carbons (Fsp3) is 0.758. The molecule has 0 heterocycles. The Morgan fingerprint density at radius 1 is 0.294 bits per heavy atom. The van der Waals surface area contributed by atoms with Crippen molar-refractivity contribution in [3.05, 3.63) is 72.9 Å². The van der Waals surface area contributed by atoms with Gasteiger partial charge < -0.3 is 14.2 Å². The van der Waals surface area contributed by atoms with Crippen molar-refractivity contribution >= 4 is 17.9 Å². The first-order valence-corrected chi connectivity index (χ1v) is 28.9. The topological polar surface area (TPSA) is 78.9 Å². The van der Waals surface area contributed by atoms with E-state index in [4.69, 9.17) is 14.2 Å². The van der Waals surface area contributed by atoms with Crippen molar-refractivity contribution in [2.75, 3.05) is 13.2 Å². The second kappa shape index (κ2) is 56.4.